The summed E-state index contributed by atoms with van der Waals surface area (Å²) < 4.78 is 12.6. The second kappa shape index (κ2) is 6.49. The molecule has 0 saturated carbocycles. The van der Waals surface area contributed by atoms with Gasteiger partial charge in [-0.25, -0.2) is 4.39 Å². The van der Waals surface area contributed by atoms with Gasteiger partial charge in [0.1, 0.15) is 0 Å². The van der Waals surface area contributed by atoms with E-state index in [9.17, 15) is 14.0 Å². The minimum Gasteiger partial charge on any atom is -0.322 e. The fourth-order valence-corrected chi connectivity index (χ4v) is 2.15. The molecule has 2 N–H and O–H groups in total. The number of amides is 2. The van der Waals surface area contributed by atoms with Gasteiger partial charge in [0, 0.05) is 11.4 Å². The average Bonchev–Trinajstić information content (AvgIpc) is 2.92. The molecular formula is C13H10ClFN2O2S. The fraction of sp³-hybridized carbons (Fsp3) is 0.0769. The molecule has 1 heterocycles. The van der Waals surface area contributed by atoms with Crippen molar-refractivity contribution < 1.29 is 14.0 Å². The second-order valence-corrected chi connectivity index (χ2v) is 5.13. The lowest BCUT2D eigenvalue weighted by molar-refractivity contribution is -0.118. The van der Waals surface area contributed by atoms with Gasteiger partial charge in [0.2, 0.25) is 0 Å². The van der Waals surface area contributed by atoms with E-state index in [1.54, 1.807) is 35.7 Å². The van der Waals surface area contributed by atoms with Gasteiger partial charge in [-0.1, -0.05) is 23.7 Å². The first-order chi connectivity index (χ1) is 9.56. The van der Waals surface area contributed by atoms with E-state index in [-0.39, 0.29) is 5.91 Å². The highest BCUT2D eigenvalue weighted by Crippen LogP contribution is 2.18. The van der Waals surface area contributed by atoms with E-state index in [2.05, 4.69) is 10.6 Å². The molecule has 1 unspecified atom stereocenters. The summed E-state index contributed by atoms with van der Waals surface area (Å²) in [6.45, 7) is 0. The Hall–Kier alpha value is -1.92. The van der Waals surface area contributed by atoms with Crippen molar-refractivity contribution >= 4 is 46.1 Å². The largest absolute Gasteiger partial charge is 0.322 e. The van der Waals surface area contributed by atoms with Gasteiger partial charge < -0.3 is 10.6 Å². The Morgan fingerprint density at radius 1 is 1.15 bits per heavy atom. The smallest absolute Gasteiger partial charge is 0.274 e. The molecule has 0 saturated heterocycles. The summed E-state index contributed by atoms with van der Waals surface area (Å²) in [6.07, 6.45) is 0. The molecule has 0 bridgehead atoms. The molecule has 104 valence electrons. The Labute approximate surface area is 123 Å². The van der Waals surface area contributed by atoms with E-state index in [1.165, 1.54) is 17.4 Å². The highest BCUT2D eigenvalue weighted by atomic mass is 35.5. The zero-order chi connectivity index (χ0) is 14.5. The first-order valence-corrected chi connectivity index (χ1v) is 6.92. The third-order valence-corrected chi connectivity index (χ3v) is 3.40. The summed E-state index contributed by atoms with van der Waals surface area (Å²) >= 11 is 6.34. The summed E-state index contributed by atoms with van der Waals surface area (Å²) in [7, 11) is 0. The van der Waals surface area contributed by atoms with Crippen molar-refractivity contribution in [1.29, 1.82) is 0 Å². The number of rotatable bonds is 4. The fourth-order valence-electron chi connectivity index (χ4n) is 1.47. The lowest BCUT2D eigenvalue weighted by Crippen LogP contribution is -2.19. The van der Waals surface area contributed by atoms with Crippen LogP contribution in [0.15, 0.2) is 41.8 Å². The lowest BCUT2D eigenvalue weighted by atomic mass is 10.2. The molecule has 20 heavy (non-hydrogen) atoms. The van der Waals surface area contributed by atoms with Crippen LogP contribution in [0.5, 0.6) is 0 Å². The second-order valence-electron chi connectivity index (χ2n) is 3.80. The van der Waals surface area contributed by atoms with Gasteiger partial charge in [-0.15, -0.1) is 11.3 Å². The zero-order valence-electron chi connectivity index (χ0n) is 10.1. The Morgan fingerprint density at radius 3 is 2.45 bits per heavy atom. The van der Waals surface area contributed by atoms with Crippen LogP contribution in [0.25, 0.3) is 0 Å². The molecule has 1 aromatic heterocycles. The molecule has 2 rings (SSSR count). The molecule has 1 atom stereocenters. The summed E-state index contributed by atoms with van der Waals surface area (Å²) in [4.78, 5) is 23.5. The molecule has 0 radical (unpaired) electrons. The monoisotopic (exact) mass is 312 g/mol. The maximum absolute atomic E-state index is 12.6. The minimum absolute atomic E-state index is 0.246. The summed E-state index contributed by atoms with van der Waals surface area (Å²) in [5.74, 6) is -1.20. The lowest BCUT2D eigenvalue weighted by Gasteiger charge is -2.08. The van der Waals surface area contributed by atoms with E-state index in [0.717, 1.165) is 0 Å². The molecular weight excluding hydrogens is 303 g/mol. The molecule has 4 nitrogen and oxygen atoms in total. The van der Waals surface area contributed by atoms with Crippen LogP contribution in [0.1, 0.15) is 9.67 Å². The van der Waals surface area contributed by atoms with E-state index >= 15 is 0 Å². The van der Waals surface area contributed by atoms with Crippen LogP contribution in [0.3, 0.4) is 0 Å². The van der Waals surface area contributed by atoms with Crippen LogP contribution in [0.4, 0.5) is 15.8 Å². The van der Waals surface area contributed by atoms with Crippen LogP contribution in [0, 0.1) is 0 Å². The normalized spacial score (nSPS) is 11.7. The van der Waals surface area contributed by atoms with Crippen molar-refractivity contribution in [2.45, 2.75) is 5.63 Å². The number of thiophene rings is 1. The van der Waals surface area contributed by atoms with Crippen LogP contribution in [-0.2, 0) is 4.79 Å². The van der Waals surface area contributed by atoms with Gasteiger partial charge >= 0.3 is 0 Å². The highest BCUT2D eigenvalue weighted by molar-refractivity contribution is 7.12. The number of anilines is 2. The standard InChI is InChI=1S/C13H10ClFN2O2S/c14-11(15)13(19)17-9-4-1-3-8(7-9)16-12(18)10-5-2-6-20-10/h1-7,11H,(H,16,18)(H,17,19). The molecule has 2 amide bonds. The maximum atomic E-state index is 12.6. The molecule has 1 aromatic carbocycles. The number of benzene rings is 1. The third-order valence-electron chi connectivity index (χ3n) is 2.33. The van der Waals surface area contributed by atoms with Crippen molar-refractivity contribution in [2.24, 2.45) is 0 Å². The number of carbonyl (C=O) groups is 2. The van der Waals surface area contributed by atoms with E-state index in [1.807, 2.05) is 0 Å². The molecule has 0 fully saturated rings. The van der Waals surface area contributed by atoms with Gasteiger partial charge in [0.25, 0.3) is 17.4 Å². The molecule has 0 aliphatic carbocycles. The van der Waals surface area contributed by atoms with Crippen molar-refractivity contribution in [3.63, 3.8) is 0 Å². The van der Waals surface area contributed by atoms with Crippen molar-refractivity contribution in [3.05, 3.63) is 46.7 Å². The van der Waals surface area contributed by atoms with E-state index < -0.39 is 11.5 Å². The number of alkyl halides is 2. The summed E-state index contributed by atoms with van der Waals surface area (Å²) in [5.41, 5.74) is -1.27. The molecule has 0 aliphatic rings. The Kier molecular flexibility index (Phi) is 4.70. The topological polar surface area (TPSA) is 58.2 Å². The van der Waals surface area contributed by atoms with Gasteiger partial charge in [-0.3, -0.25) is 9.59 Å². The first-order valence-electron chi connectivity index (χ1n) is 5.60. The maximum Gasteiger partial charge on any atom is 0.274 e. The summed E-state index contributed by atoms with van der Waals surface area (Å²) in [5, 5.41) is 6.77. The molecule has 2 aromatic rings. The number of carbonyl (C=O) groups excluding carboxylic acids is 2. The van der Waals surface area contributed by atoms with Gasteiger partial charge in [-0.2, -0.15) is 0 Å². The van der Waals surface area contributed by atoms with Crippen molar-refractivity contribution in [1.82, 2.24) is 0 Å². The summed E-state index contributed by atoms with van der Waals surface area (Å²) in [6, 6.07) is 9.85. The minimum atomic E-state index is -2.11. The average molecular weight is 313 g/mol. The molecule has 7 heteroatoms. The van der Waals surface area contributed by atoms with Crippen LogP contribution in [0.2, 0.25) is 0 Å². The number of nitrogens with one attached hydrogen (secondary N) is 2. The van der Waals surface area contributed by atoms with Crippen molar-refractivity contribution in [3.8, 4) is 0 Å². The number of halogens is 2. The Morgan fingerprint density at radius 2 is 1.85 bits per heavy atom. The Bertz CT molecular complexity index is 617. The van der Waals surface area contributed by atoms with Crippen LogP contribution < -0.4 is 10.6 Å². The Balaban J connectivity index is 2.06. The van der Waals surface area contributed by atoms with E-state index in [0.29, 0.717) is 16.3 Å². The quantitative estimate of drug-likeness (QED) is 0.849. The molecule has 0 spiro atoms. The number of hydrogen-bond acceptors (Lipinski definition) is 3. The van der Waals surface area contributed by atoms with Gasteiger partial charge in [-0.05, 0) is 29.6 Å². The third kappa shape index (κ3) is 3.79. The number of hydrogen-bond donors (Lipinski definition) is 2. The predicted octanol–water partition coefficient (Wildman–Crippen LogP) is 3.47. The van der Waals surface area contributed by atoms with E-state index in [4.69, 9.17) is 11.6 Å². The van der Waals surface area contributed by atoms with Crippen LogP contribution >= 0.6 is 22.9 Å². The SMILES string of the molecule is O=C(Nc1cccc(NC(=O)C(F)Cl)c1)c1cccs1. The van der Waals surface area contributed by atoms with Crippen molar-refractivity contribution in [2.75, 3.05) is 10.6 Å². The zero-order valence-corrected chi connectivity index (χ0v) is 11.7. The van der Waals surface area contributed by atoms with Gasteiger partial charge in [0.05, 0.1) is 4.88 Å². The first kappa shape index (κ1) is 14.5. The highest BCUT2D eigenvalue weighted by Gasteiger charge is 2.13. The van der Waals surface area contributed by atoms with Gasteiger partial charge in [0.15, 0.2) is 0 Å². The predicted molar refractivity (Wildman–Crippen MR) is 78.1 cm³/mol. The van der Waals surface area contributed by atoms with Crippen LogP contribution in [-0.4, -0.2) is 17.4 Å². The molecule has 0 aliphatic heterocycles.